The molecule has 0 bridgehead atoms. The van der Waals surface area contributed by atoms with Gasteiger partial charge in [-0.1, -0.05) is 26.0 Å². The molecule has 7 heteroatoms. The number of aromatic nitrogens is 2. The first-order valence-corrected chi connectivity index (χ1v) is 9.77. The summed E-state index contributed by atoms with van der Waals surface area (Å²) in [6.07, 6.45) is 0.690. The highest BCUT2D eigenvalue weighted by Gasteiger charge is 2.16. The molecule has 7 nitrogen and oxygen atoms in total. The van der Waals surface area contributed by atoms with Gasteiger partial charge >= 0.3 is 5.97 Å². The fourth-order valence-electron chi connectivity index (χ4n) is 3.15. The van der Waals surface area contributed by atoms with E-state index in [1.165, 1.54) is 6.92 Å². The Kier molecular flexibility index (Phi) is 7.70. The van der Waals surface area contributed by atoms with E-state index in [2.05, 4.69) is 24.3 Å². The molecule has 0 aliphatic rings. The average molecular weight is 399 g/mol. The van der Waals surface area contributed by atoms with Gasteiger partial charge in [0, 0.05) is 24.2 Å². The number of ether oxygens (including phenoxy) is 1. The summed E-state index contributed by atoms with van der Waals surface area (Å²) >= 11 is 0. The number of aryl methyl sites for hydroxylation is 1. The zero-order chi connectivity index (χ0) is 21.6. The third-order valence-electron chi connectivity index (χ3n) is 4.59. The van der Waals surface area contributed by atoms with E-state index < -0.39 is 18.5 Å². The van der Waals surface area contributed by atoms with Crippen LogP contribution in [0.4, 0.5) is 5.69 Å². The van der Waals surface area contributed by atoms with Gasteiger partial charge in [-0.05, 0) is 50.8 Å². The lowest BCUT2D eigenvalue weighted by molar-refractivity contribution is -0.147. The van der Waals surface area contributed by atoms with Gasteiger partial charge < -0.3 is 10.1 Å². The van der Waals surface area contributed by atoms with Crippen molar-refractivity contribution < 1.29 is 19.1 Å². The number of hydrogen-bond acceptors (Lipinski definition) is 5. The molecule has 0 fully saturated rings. The first-order valence-electron chi connectivity index (χ1n) is 9.77. The molecule has 0 spiro atoms. The number of Topliss-reactive ketones (excluding diaryl/α,β-unsaturated/α-hetero) is 1. The number of ketones is 1. The minimum atomic E-state index is -0.482. The standard InChI is InChI=1S/C22H29N3O4/c1-14(2)12-25-16(4)18(15(3)24-25)10-11-22(28)29-13-21(27)23-20-9-7-6-8-19(20)17(5)26/h6-9,14H,10-13H2,1-5H3,(H,23,27). The third-order valence-corrected chi connectivity index (χ3v) is 4.59. The molecule has 0 saturated heterocycles. The molecule has 0 aliphatic carbocycles. The van der Waals surface area contributed by atoms with Crippen LogP contribution in [-0.2, 0) is 27.3 Å². The van der Waals surface area contributed by atoms with Crippen LogP contribution in [0, 0.1) is 19.8 Å². The van der Waals surface area contributed by atoms with Crippen molar-refractivity contribution in [1.82, 2.24) is 9.78 Å². The van der Waals surface area contributed by atoms with E-state index in [0.29, 0.717) is 23.6 Å². The molecular weight excluding hydrogens is 370 g/mol. The summed E-state index contributed by atoms with van der Waals surface area (Å²) in [7, 11) is 0. The Labute approximate surface area is 171 Å². The van der Waals surface area contributed by atoms with Crippen molar-refractivity contribution in [3.63, 3.8) is 0 Å². The molecule has 1 heterocycles. The molecule has 156 valence electrons. The molecule has 0 unspecified atom stereocenters. The number of amides is 1. The largest absolute Gasteiger partial charge is 0.456 e. The van der Waals surface area contributed by atoms with Crippen LogP contribution >= 0.6 is 0 Å². The van der Waals surface area contributed by atoms with Crippen molar-refractivity contribution in [3.8, 4) is 0 Å². The minimum Gasteiger partial charge on any atom is -0.456 e. The fraction of sp³-hybridized carbons (Fsp3) is 0.455. The van der Waals surface area contributed by atoms with Gasteiger partial charge in [-0.2, -0.15) is 5.10 Å². The minimum absolute atomic E-state index is 0.151. The van der Waals surface area contributed by atoms with E-state index in [-0.39, 0.29) is 12.2 Å². The maximum Gasteiger partial charge on any atom is 0.306 e. The van der Waals surface area contributed by atoms with Crippen LogP contribution < -0.4 is 5.32 Å². The molecule has 1 amide bonds. The van der Waals surface area contributed by atoms with Gasteiger partial charge in [0.05, 0.1) is 11.4 Å². The van der Waals surface area contributed by atoms with E-state index >= 15 is 0 Å². The van der Waals surface area contributed by atoms with Crippen molar-refractivity contribution in [2.75, 3.05) is 11.9 Å². The van der Waals surface area contributed by atoms with E-state index in [0.717, 1.165) is 23.5 Å². The lowest BCUT2D eigenvalue weighted by Gasteiger charge is -2.10. The molecule has 1 aromatic carbocycles. The summed E-state index contributed by atoms with van der Waals surface area (Å²) in [5.74, 6) is -0.598. The van der Waals surface area contributed by atoms with Crippen LogP contribution in [0.25, 0.3) is 0 Å². The topological polar surface area (TPSA) is 90.3 Å². The van der Waals surface area contributed by atoms with Gasteiger partial charge in [0.25, 0.3) is 5.91 Å². The Hall–Kier alpha value is -2.96. The zero-order valence-electron chi connectivity index (χ0n) is 17.7. The molecule has 2 rings (SSSR count). The second-order valence-electron chi connectivity index (χ2n) is 7.54. The smallest absolute Gasteiger partial charge is 0.306 e. The van der Waals surface area contributed by atoms with Crippen LogP contribution in [0.3, 0.4) is 0 Å². The molecule has 0 atom stereocenters. The molecule has 29 heavy (non-hydrogen) atoms. The summed E-state index contributed by atoms with van der Waals surface area (Å²) in [6.45, 7) is 10.1. The summed E-state index contributed by atoms with van der Waals surface area (Å²) in [6, 6.07) is 6.71. The maximum absolute atomic E-state index is 12.1. The maximum atomic E-state index is 12.1. The van der Waals surface area contributed by atoms with Gasteiger partial charge in [0.15, 0.2) is 12.4 Å². The predicted octanol–water partition coefficient (Wildman–Crippen LogP) is 3.47. The Balaban J connectivity index is 1.86. The van der Waals surface area contributed by atoms with E-state index in [4.69, 9.17) is 4.74 Å². The highest BCUT2D eigenvalue weighted by atomic mass is 16.5. The van der Waals surface area contributed by atoms with Gasteiger partial charge in [-0.3, -0.25) is 19.1 Å². The first kappa shape index (κ1) is 22.3. The Morgan fingerprint density at radius 2 is 1.86 bits per heavy atom. The molecule has 0 radical (unpaired) electrons. The molecule has 1 N–H and O–H groups in total. The van der Waals surface area contributed by atoms with Crippen LogP contribution in [-0.4, -0.2) is 34.0 Å². The van der Waals surface area contributed by atoms with E-state index in [9.17, 15) is 14.4 Å². The number of para-hydroxylation sites is 1. The van der Waals surface area contributed by atoms with Crippen LogP contribution in [0.5, 0.6) is 0 Å². The fourth-order valence-corrected chi connectivity index (χ4v) is 3.15. The molecule has 0 aliphatic heterocycles. The van der Waals surface area contributed by atoms with Crippen molar-refractivity contribution >= 4 is 23.3 Å². The highest BCUT2D eigenvalue weighted by molar-refractivity contribution is 6.04. The Bertz CT molecular complexity index is 899. The number of nitrogens with zero attached hydrogens (tertiary/aromatic N) is 2. The highest BCUT2D eigenvalue weighted by Crippen LogP contribution is 2.17. The summed E-state index contributed by atoms with van der Waals surface area (Å²) in [4.78, 5) is 35.7. The van der Waals surface area contributed by atoms with Crippen LogP contribution in [0.1, 0.15) is 54.5 Å². The summed E-state index contributed by atoms with van der Waals surface area (Å²) < 4.78 is 7.06. The van der Waals surface area contributed by atoms with E-state index in [1.54, 1.807) is 24.3 Å². The Morgan fingerprint density at radius 3 is 2.52 bits per heavy atom. The monoisotopic (exact) mass is 399 g/mol. The number of rotatable bonds is 9. The van der Waals surface area contributed by atoms with Gasteiger partial charge in [0.2, 0.25) is 0 Å². The van der Waals surface area contributed by atoms with Gasteiger partial charge in [0.1, 0.15) is 0 Å². The summed E-state index contributed by atoms with van der Waals surface area (Å²) in [5.41, 5.74) is 3.83. The van der Waals surface area contributed by atoms with Gasteiger partial charge in [-0.15, -0.1) is 0 Å². The second-order valence-corrected chi connectivity index (χ2v) is 7.54. The molecular formula is C22H29N3O4. The molecule has 1 aromatic heterocycles. The van der Waals surface area contributed by atoms with Crippen molar-refractivity contribution in [2.24, 2.45) is 5.92 Å². The SMILES string of the molecule is CC(=O)c1ccccc1NC(=O)COC(=O)CCc1c(C)nn(CC(C)C)c1C. The number of carbonyl (C=O) groups excluding carboxylic acids is 3. The van der Waals surface area contributed by atoms with Crippen molar-refractivity contribution in [2.45, 2.75) is 54.0 Å². The summed E-state index contributed by atoms with van der Waals surface area (Å²) in [5, 5.41) is 7.16. The van der Waals surface area contributed by atoms with Crippen LogP contribution in [0.15, 0.2) is 24.3 Å². The second kappa shape index (κ2) is 10.0. The number of hydrogen-bond donors (Lipinski definition) is 1. The molecule has 0 saturated carbocycles. The zero-order valence-corrected chi connectivity index (χ0v) is 17.7. The van der Waals surface area contributed by atoms with E-state index in [1.807, 2.05) is 18.5 Å². The lowest BCUT2D eigenvalue weighted by atomic mass is 10.1. The number of anilines is 1. The number of nitrogens with one attached hydrogen (secondary N) is 1. The lowest BCUT2D eigenvalue weighted by Crippen LogP contribution is -2.22. The van der Waals surface area contributed by atoms with Crippen LogP contribution in [0.2, 0.25) is 0 Å². The Morgan fingerprint density at radius 1 is 1.17 bits per heavy atom. The quantitative estimate of drug-likeness (QED) is 0.515. The number of benzene rings is 1. The first-order chi connectivity index (χ1) is 13.7. The average Bonchev–Trinajstić information content (AvgIpc) is 2.91. The van der Waals surface area contributed by atoms with Crippen molar-refractivity contribution in [3.05, 3.63) is 46.8 Å². The number of esters is 1. The normalized spacial score (nSPS) is 10.8. The molecule has 2 aromatic rings. The van der Waals surface area contributed by atoms with Gasteiger partial charge in [-0.25, -0.2) is 0 Å². The van der Waals surface area contributed by atoms with Crippen molar-refractivity contribution in [1.29, 1.82) is 0 Å². The number of carbonyl (C=O) groups is 3. The predicted molar refractivity (Wildman–Crippen MR) is 111 cm³/mol. The third kappa shape index (κ3) is 6.27.